The van der Waals surface area contributed by atoms with Crippen LogP contribution in [-0.2, 0) is 11.3 Å². The molecule has 2 aliphatic rings. The van der Waals surface area contributed by atoms with Crippen LogP contribution < -0.4 is 0 Å². The first kappa shape index (κ1) is 14.9. The first-order chi connectivity index (χ1) is 10.4. The molecule has 22 heavy (non-hydrogen) atoms. The summed E-state index contributed by atoms with van der Waals surface area (Å²) in [7, 11) is 0. The fourth-order valence-corrected chi connectivity index (χ4v) is 3.96. The average molecular weight is 308 g/mol. The molecule has 6 nitrogen and oxygen atoms in total. The van der Waals surface area contributed by atoms with Crippen LogP contribution in [0.3, 0.4) is 0 Å². The molecule has 0 aromatic heterocycles. The Bertz CT molecular complexity index is 636. The van der Waals surface area contributed by atoms with Crippen molar-refractivity contribution >= 4 is 11.7 Å². The van der Waals surface area contributed by atoms with E-state index in [-0.39, 0.29) is 23.7 Å². The highest BCUT2D eigenvalue weighted by Crippen LogP contribution is 2.49. The van der Waals surface area contributed by atoms with Gasteiger partial charge in [-0.15, -0.1) is 0 Å². The van der Waals surface area contributed by atoms with Crippen LogP contribution in [0, 0.1) is 27.3 Å². The fourth-order valence-electron chi connectivity index (χ4n) is 3.96. The minimum absolute atomic E-state index is 0.0352. The summed E-state index contributed by atoms with van der Waals surface area (Å²) in [4.78, 5) is 23.9. The van der Waals surface area contributed by atoms with E-state index in [1.54, 1.807) is 0 Å². The van der Waals surface area contributed by atoms with Gasteiger partial charge in [-0.1, -0.05) is 12.5 Å². The topological polar surface area (TPSA) is 83.7 Å². The highest BCUT2D eigenvalue weighted by atomic mass is 19.1. The van der Waals surface area contributed by atoms with E-state index in [1.807, 2.05) is 4.90 Å². The van der Waals surface area contributed by atoms with E-state index in [0.29, 0.717) is 19.5 Å². The van der Waals surface area contributed by atoms with Gasteiger partial charge in [0.25, 0.3) is 5.69 Å². The highest BCUT2D eigenvalue weighted by Gasteiger charge is 2.54. The van der Waals surface area contributed by atoms with E-state index in [2.05, 4.69) is 0 Å². The smallest absolute Gasteiger partial charge is 0.311 e. The predicted octanol–water partition coefficient (Wildman–Crippen LogP) is 2.42. The van der Waals surface area contributed by atoms with Crippen LogP contribution in [0.25, 0.3) is 0 Å². The van der Waals surface area contributed by atoms with Crippen molar-refractivity contribution in [3.05, 3.63) is 39.7 Å². The van der Waals surface area contributed by atoms with Crippen LogP contribution in [0.2, 0.25) is 0 Å². The molecule has 0 amide bonds. The van der Waals surface area contributed by atoms with E-state index in [4.69, 9.17) is 0 Å². The molecule has 1 aromatic rings. The first-order valence-electron chi connectivity index (χ1n) is 7.31. The zero-order chi connectivity index (χ0) is 15.9. The van der Waals surface area contributed by atoms with Gasteiger partial charge in [0.2, 0.25) is 0 Å². The summed E-state index contributed by atoms with van der Waals surface area (Å²) in [6, 6.07) is 3.79. The van der Waals surface area contributed by atoms with Gasteiger partial charge in [0.05, 0.1) is 15.9 Å². The molecule has 1 saturated heterocycles. The van der Waals surface area contributed by atoms with Crippen LogP contribution >= 0.6 is 0 Å². The molecule has 1 N–H and O–H groups in total. The molecule has 0 bridgehead atoms. The number of carboxylic acids is 1. The monoisotopic (exact) mass is 308 g/mol. The van der Waals surface area contributed by atoms with Crippen LogP contribution in [0.15, 0.2) is 18.2 Å². The third-order valence-electron chi connectivity index (χ3n) is 5.04. The van der Waals surface area contributed by atoms with E-state index < -0.39 is 22.1 Å². The number of nitro benzene ring substituents is 1. The maximum Gasteiger partial charge on any atom is 0.311 e. The van der Waals surface area contributed by atoms with Gasteiger partial charge in [-0.2, -0.15) is 0 Å². The largest absolute Gasteiger partial charge is 0.481 e. The molecule has 1 aromatic carbocycles. The molecule has 1 saturated carbocycles. The number of nitrogens with zero attached hydrogens (tertiary/aromatic N) is 2. The third-order valence-corrected chi connectivity index (χ3v) is 5.04. The Morgan fingerprint density at radius 1 is 1.55 bits per heavy atom. The lowest BCUT2D eigenvalue weighted by molar-refractivity contribution is -0.385. The van der Waals surface area contributed by atoms with Gasteiger partial charge in [-0.3, -0.25) is 19.8 Å². The number of halogens is 1. The molecule has 118 valence electrons. The summed E-state index contributed by atoms with van der Waals surface area (Å²) in [6.45, 7) is 0.963. The second-order valence-corrected chi connectivity index (χ2v) is 6.21. The van der Waals surface area contributed by atoms with Gasteiger partial charge in [-0.05, 0) is 24.8 Å². The SMILES string of the molecule is O=C(O)[C@@]12CCC[C@H]1CN(Cc1c(F)cccc1[N+](=O)[O-])C2. The molecule has 0 spiro atoms. The number of rotatable bonds is 4. The van der Waals surface area contributed by atoms with E-state index in [1.165, 1.54) is 18.2 Å². The number of hydrogen-bond acceptors (Lipinski definition) is 4. The number of benzene rings is 1. The zero-order valence-corrected chi connectivity index (χ0v) is 12.0. The van der Waals surface area contributed by atoms with E-state index in [9.17, 15) is 24.4 Å². The van der Waals surface area contributed by atoms with Crippen LogP contribution in [0.4, 0.5) is 10.1 Å². The van der Waals surface area contributed by atoms with Crippen molar-refractivity contribution in [2.75, 3.05) is 13.1 Å². The van der Waals surface area contributed by atoms with Gasteiger partial charge < -0.3 is 5.11 Å². The maximum absolute atomic E-state index is 14.0. The second kappa shape index (κ2) is 5.31. The van der Waals surface area contributed by atoms with Gasteiger partial charge >= 0.3 is 5.97 Å². The number of carbonyl (C=O) groups is 1. The fraction of sp³-hybridized carbons (Fsp3) is 0.533. The van der Waals surface area contributed by atoms with Crippen LogP contribution in [-0.4, -0.2) is 34.0 Å². The normalized spacial score (nSPS) is 27.8. The molecule has 1 aliphatic heterocycles. The van der Waals surface area contributed by atoms with Crippen molar-refractivity contribution in [3.8, 4) is 0 Å². The number of aliphatic carboxylic acids is 1. The Morgan fingerprint density at radius 3 is 2.95 bits per heavy atom. The van der Waals surface area contributed by atoms with Crippen molar-refractivity contribution in [2.45, 2.75) is 25.8 Å². The molecule has 2 atom stereocenters. The second-order valence-electron chi connectivity index (χ2n) is 6.21. The third kappa shape index (κ3) is 2.25. The molecule has 0 unspecified atom stereocenters. The zero-order valence-electron chi connectivity index (χ0n) is 12.0. The molecule has 0 radical (unpaired) electrons. The number of likely N-dealkylation sites (tertiary alicyclic amines) is 1. The molecular formula is C15H17FN2O4. The summed E-state index contributed by atoms with van der Waals surface area (Å²) in [5, 5.41) is 20.6. The Balaban J connectivity index is 1.84. The van der Waals surface area contributed by atoms with E-state index >= 15 is 0 Å². The Kier molecular flexibility index (Phi) is 3.60. The lowest BCUT2D eigenvalue weighted by atomic mass is 9.81. The summed E-state index contributed by atoms with van der Waals surface area (Å²) in [6.07, 6.45) is 2.37. The van der Waals surface area contributed by atoms with Crippen LogP contribution in [0.5, 0.6) is 0 Å². The molecule has 1 aliphatic carbocycles. The lowest BCUT2D eigenvalue weighted by Gasteiger charge is -2.23. The molecule has 7 heteroatoms. The van der Waals surface area contributed by atoms with Crippen molar-refractivity contribution in [1.82, 2.24) is 4.90 Å². The molecule has 2 fully saturated rings. The summed E-state index contributed by atoms with van der Waals surface area (Å²) in [5.74, 6) is -1.37. The molecule has 3 rings (SSSR count). The van der Waals surface area contributed by atoms with Crippen LogP contribution in [0.1, 0.15) is 24.8 Å². The Labute approximate surface area is 126 Å². The standard InChI is InChI=1S/C15H17FN2O4/c16-12-4-1-5-13(18(21)22)11(12)8-17-7-10-3-2-6-15(10,9-17)14(19)20/h1,4-5,10H,2-3,6-9H2,(H,19,20)/t10-,15+/m0/s1. The van der Waals surface area contributed by atoms with Gasteiger partial charge in [0.1, 0.15) is 5.82 Å². The lowest BCUT2D eigenvalue weighted by Crippen LogP contribution is -2.35. The Hall–Kier alpha value is -2.02. The quantitative estimate of drug-likeness (QED) is 0.682. The molecular weight excluding hydrogens is 291 g/mol. The minimum atomic E-state index is -0.805. The minimum Gasteiger partial charge on any atom is -0.481 e. The number of carboxylic acid groups (broad SMARTS) is 1. The van der Waals surface area contributed by atoms with Crippen molar-refractivity contribution in [3.63, 3.8) is 0 Å². The van der Waals surface area contributed by atoms with Gasteiger partial charge in [0, 0.05) is 25.7 Å². The van der Waals surface area contributed by atoms with Crippen molar-refractivity contribution < 1.29 is 19.2 Å². The number of nitro groups is 1. The van der Waals surface area contributed by atoms with E-state index in [0.717, 1.165) is 12.8 Å². The summed E-state index contributed by atoms with van der Waals surface area (Å²) in [5.41, 5.74) is -0.977. The average Bonchev–Trinajstić information content (AvgIpc) is 2.98. The predicted molar refractivity (Wildman–Crippen MR) is 75.7 cm³/mol. The van der Waals surface area contributed by atoms with Crippen molar-refractivity contribution in [1.29, 1.82) is 0 Å². The Morgan fingerprint density at radius 2 is 2.32 bits per heavy atom. The van der Waals surface area contributed by atoms with Gasteiger partial charge in [-0.25, -0.2) is 4.39 Å². The summed E-state index contributed by atoms with van der Waals surface area (Å²) < 4.78 is 14.0. The number of hydrogen-bond donors (Lipinski definition) is 1. The summed E-state index contributed by atoms with van der Waals surface area (Å²) >= 11 is 0. The highest BCUT2D eigenvalue weighted by molar-refractivity contribution is 5.76. The van der Waals surface area contributed by atoms with Crippen molar-refractivity contribution in [2.24, 2.45) is 11.3 Å². The van der Waals surface area contributed by atoms with Gasteiger partial charge in [0.15, 0.2) is 0 Å². The molecule has 1 heterocycles. The number of fused-ring (bicyclic) bond motifs is 1. The first-order valence-corrected chi connectivity index (χ1v) is 7.31. The maximum atomic E-state index is 14.0.